The number of carbonyl (C=O) groups is 2. The molecule has 2 amide bonds. The van der Waals surface area contributed by atoms with Crippen molar-refractivity contribution in [1.29, 1.82) is 0 Å². The summed E-state index contributed by atoms with van der Waals surface area (Å²) in [7, 11) is 0.543. The number of hydrogen-bond acceptors (Lipinski definition) is 6. The third kappa shape index (κ3) is 4.16. The first-order valence-corrected chi connectivity index (χ1v) is 9.53. The van der Waals surface area contributed by atoms with Gasteiger partial charge in [-0.2, -0.15) is 5.10 Å². The highest BCUT2D eigenvalue weighted by Crippen LogP contribution is 2.24. The number of rotatable bonds is 3. The van der Waals surface area contributed by atoms with Crippen molar-refractivity contribution in [1.82, 2.24) is 15.8 Å². The van der Waals surface area contributed by atoms with Crippen molar-refractivity contribution in [2.24, 2.45) is 5.10 Å². The Morgan fingerprint density at radius 1 is 1.23 bits per heavy atom. The van der Waals surface area contributed by atoms with Crippen LogP contribution >= 0.6 is 0 Å². The number of amides is 2. The van der Waals surface area contributed by atoms with E-state index in [2.05, 4.69) is 15.9 Å². The van der Waals surface area contributed by atoms with Crippen LogP contribution in [0.5, 0.6) is 5.75 Å². The van der Waals surface area contributed by atoms with Gasteiger partial charge in [-0.1, -0.05) is 12.1 Å². The number of ether oxygens (including phenoxy) is 1. The second kappa shape index (κ2) is 8.20. The fourth-order valence-corrected chi connectivity index (χ4v) is 3.19. The molecule has 1 aliphatic rings. The molecule has 0 saturated heterocycles. The lowest BCUT2D eigenvalue weighted by molar-refractivity contribution is 0.0357. The summed E-state index contributed by atoms with van der Waals surface area (Å²) in [6.45, 7) is 7.29. The molecule has 1 aliphatic heterocycles. The molecule has 0 saturated carbocycles. The van der Waals surface area contributed by atoms with Gasteiger partial charge in [-0.25, -0.2) is 5.01 Å². The zero-order valence-electron chi connectivity index (χ0n) is 17.7. The summed E-state index contributed by atoms with van der Waals surface area (Å²) in [5, 5.41) is 17.8. The van der Waals surface area contributed by atoms with E-state index in [1.165, 1.54) is 5.01 Å². The van der Waals surface area contributed by atoms with Crippen molar-refractivity contribution >= 4 is 30.5 Å². The molecule has 30 heavy (non-hydrogen) atoms. The Labute approximate surface area is 176 Å². The van der Waals surface area contributed by atoms with Gasteiger partial charge in [0.2, 0.25) is 0 Å². The second-order valence-electron chi connectivity index (χ2n) is 8.02. The number of hydrogen-bond donors (Lipinski definition) is 3. The van der Waals surface area contributed by atoms with Gasteiger partial charge in [0.05, 0.1) is 18.9 Å². The van der Waals surface area contributed by atoms with E-state index < -0.39 is 18.5 Å². The quantitative estimate of drug-likeness (QED) is 0.524. The van der Waals surface area contributed by atoms with Crippen molar-refractivity contribution in [3.8, 4) is 5.75 Å². The van der Waals surface area contributed by atoms with Crippen LogP contribution in [0.25, 0.3) is 0 Å². The summed E-state index contributed by atoms with van der Waals surface area (Å²) >= 11 is 0. The Kier molecular flexibility index (Phi) is 5.84. The molecule has 0 radical (unpaired) electrons. The molecule has 9 heteroatoms. The first-order valence-electron chi connectivity index (χ1n) is 9.53. The van der Waals surface area contributed by atoms with Crippen molar-refractivity contribution in [3.05, 3.63) is 58.7 Å². The molecule has 0 bridgehead atoms. The number of hydrazone groups is 1. The predicted octanol–water partition coefficient (Wildman–Crippen LogP) is 1.21. The number of benzene rings is 2. The molecule has 3 rings (SSSR count). The van der Waals surface area contributed by atoms with Gasteiger partial charge < -0.3 is 15.1 Å². The largest absolute Gasteiger partial charge is 0.496 e. The Morgan fingerprint density at radius 3 is 2.63 bits per heavy atom. The summed E-state index contributed by atoms with van der Waals surface area (Å²) < 4.78 is 5.32. The van der Waals surface area contributed by atoms with Crippen LogP contribution in [0.4, 0.5) is 0 Å². The van der Waals surface area contributed by atoms with Gasteiger partial charge >= 0.3 is 7.05 Å². The van der Waals surface area contributed by atoms with Crippen LogP contribution in [0.3, 0.4) is 0 Å². The lowest BCUT2D eigenvalue weighted by atomic mass is 9.71. The molecule has 0 spiro atoms. The third-order valence-corrected chi connectivity index (χ3v) is 4.87. The maximum atomic E-state index is 13.3. The fraction of sp³-hybridized carbons (Fsp3) is 0.286. The summed E-state index contributed by atoms with van der Waals surface area (Å²) in [6.07, 6.45) is 1.57. The van der Waals surface area contributed by atoms with Crippen LogP contribution in [0.15, 0.2) is 41.5 Å². The van der Waals surface area contributed by atoms with E-state index in [0.717, 1.165) is 0 Å². The fourth-order valence-electron chi connectivity index (χ4n) is 3.19. The van der Waals surface area contributed by atoms with Crippen LogP contribution in [0.2, 0.25) is 0 Å². The van der Waals surface area contributed by atoms with E-state index >= 15 is 0 Å². The predicted molar refractivity (Wildman–Crippen MR) is 116 cm³/mol. The van der Waals surface area contributed by atoms with E-state index in [1.54, 1.807) is 56.6 Å². The molecule has 8 nitrogen and oxygen atoms in total. The molecule has 3 N–H and O–H groups in total. The number of methoxy groups -OCH3 is 1. The lowest BCUT2D eigenvalue weighted by Crippen LogP contribution is -2.56. The number of nitrogens with zero attached hydrogens (tertiary/aromatic N) is 2. The van der Waals surface area contributed by atoms with Gasteiger partial charge in [0.15, 0.2) is 0 Å². The highest BCUT2D eigenvalue weighted by molar-refractivity contribution is 6.65. The Bertz CT molecular complexity index is 1020. The Balaban J connectivity index is 1.91. The van der Waals surface area contributed by atoms with Gasteiger partial charge in [-0.15, -0.1) is 0 Å². The molecular formula is C21H25BN4O4. The third-order valence-electron chi connectivity index (χ3n) is 4.87. The molecular weight excluding hydrogens is 383 g/mol. The zero-order chi connectivity index (χ0) is 22.1. The smallest absolute Gasteiger partial charge is 0.464 e. The van der Waals surface area contributed by atoms with Crippen LogP contribution in [-0.4, -0.2) is 47.8 Å². The number of nitrogens with one attached hydrogen (secondary N) is 2. The summed E-state index contributed by atoms with van der Waals surface area (Å²) in [5.74, 6) is -0.214. The van der Waals surface area contributed by atoms with Gasteiger partial charge in [-0.3, -0.25) is 15.0 Å². The number of fused-ring (bicyclic) bond motifs is 1. The van der Waals surface area contributed by atoms with Crippen molar-refractivity contribution in [2.45, 2.75) is 33.2 Å². The minimum atomic E-state index is -1.00. The maximum Gasteiger partial charge on any atom is 0.464 e. The first-order chi connectivity index (χ1) is 14.1. The molecule has 156 valence electrons. The minimum absolute atomic E-state index is 0.314. The topological polar surface area (TPSA) is 103 Å². The summed E-state index contributed by atoms with van der Waals surface area (Å²) in [4.78, 5) is 26.3. The van der Waals surface area contributed by atoms with E-state index in [4.69, 9.17) is 4.74 Å². The van der Waals surface area contributed by atoms with Crippen LogP contribution in [-0.2, 0) is 0 Å². The number of carbonyl (C=O) groups excluding carboxylic acids is 2. The van der Waals surface area contributed by atoms with Gasteiger partial charge in [0.25, 0.3) is 11.8 Å². The van der Waals surface area contributed by atoms with E-state index in [0.29, 0.717) is 33.5 Å². The molecule has 0 unspecified atom stereocenters. The van der Waals surface area contributed by atoms with E-state index in [-0.39, 0.29) is 5.91 Å². The summed E-state index contributed by atoms with van der Waals surface area (Å²) in [6, 6.07) is 10.1. The lowest BCUT2D eigenvalue weighted by Gasteiger charge is -2.36. The maximum absolute atomic E-state index is 13.3. The molecule has 0 atom stereocenters. The van der Waals surface area contributed by atoms with Crippen molar-refractivity contribution in [2.75, 3.05) is 7.11 Å². The highest BCUT2D eigenvalue weighted by atomic mass is 16.5. The summed E-state index contributed by atoms with van der Waals surface area (Å²) in [5.41, 5.74) is 4.73. The molecule has 1 heterocycles. The minimum Gasteiger partial charge on any atom is -0.496 e. The van der Waals surface area contributed by atoms with Gasteiger partial charge in [0, 0.05) is 16.7 Å². The molecule has 0 aromatic heterocycles. The van der Waals surface area contributed by atoms with Crippen LogP contribution in [0.1, 0.15) is 52.6 Å². The van der Waals surface area contributed by atoms with Crippen LogP contribution in [0, 0.1) is 6.92 Å². The Hall–Kier alpha value is -3.33. The SMILES string of the molecule is COc1cccc(C(=O)N(NC(=O)c2ccc3c(c2)B(O)NN=C3)C(C)(C)C)c1C. The van der Waals surface area contributed by atoms with Crippen molar-refractivity contribution < 1.29 is 19.3 Å². The van der Waals surface area contributed by atoms with Crippen molar-refractivity contribution in [3.63, 3.8) is 0 Å². The average Bonchev–Trinajstić information content (AvgIpc) is 2.70. The average molecular weight is 408 g/mol. The Morgan fingerprint density at radius 2 is 1.97 bits per heavy atom. The number of hydrazine groups is 1. The first kappa shape index (κ1) is 21.4. The molecule has 0 aliphatic carbocycles. The monoisotopic (exact) mass is 408 g/mol. The van der Waals surface area contributed by atoms with Gasteiger partial charge in [0.1, 0.15) is 5.75 Å². The highest BCUT2D eigenvalue weighted by Gasteiger charge is 2.31. The molecule has 0 fully saturated rings. The molecule has 2 aromatic rings. The second-order valence-corrected chi connectivity index (χ2v) is 8.02. The van der Waals surface area contributed by atoms with E-state index in [1.807, 2.05) is 20.8 Å². The van der Waals surface area contributed by atoms with Crippen LogP contribution < -0.4 is 21.0 Å². The standard InChI is InChI=1S/C21H25BN4O4/c1-13-16(7-6-8-18(13)30-5)20(28)26(21(2,3)4)24-19(27)14-9-10-15-12-23-25-22(29)17(15)11-14/h6-12,25,29H,1-5H3,(H,24,27). The molecule has 2 aromatic carbocycles. The zero-order valence-corrected chi connectivity index (χ0v) is 17.7. The van der Waals surface area contributed by atoms with E-state index in [9.17, 15) is 14.6 Å². The van der Waals surface area contributed by atoms with Gasteiger partial charge in [-0.05, 0) is 63.0 Å². The normalized spacial score (nSPS) is 12.7.